The van der Waals surface area contributed by atoms with Gasteiger partial charge in [-0.2, -0.15) is 0 Å². The van der Waals surface area contributed by atoms with E-state index in [-0.39, 0.29) is 18.6 Å². The van der Waals surface area contributed by atoms with Crippen molar-refractivity contribution in [3.8, 4) is 11.3 Å². The van der Waals surface area contributed by atoms with Crippen LogP contribution in [0.15, 0.2) is 67.0 Å². The predicted octanol–water partition coefficient (Wildman–Crippen LogP) is 4.33. The quantitative estimate of drug-likeness (QED) is 0.424. The van der Waals surface area contributed by atoms with Gasteiger partial charge in [0.15, 0.2) is 5.69 Å². The average molecular weight is 539 g/mol. The lowest BCUT2D eigenvalue weighted by Crippen LogP contribution is -2.54. The maximum absolute atomic E-state index is 14.2. The smallest absolute Gasteiger partial charge is 0.275 e. The first kappa shape index (κ1) is 27.4. The second-order valence-electron chi connectivity index (χ2n) is 10.5. The summed E-state index contributed by atoms with van der Waals surface area (Å²) in [6.07, 6.45) is 2.44. The third-order valence-electron chi connectivity index (χ3n) is 7.86. The number of nitrogens with one attached hydrogen (secondary N) is 1. The van der Waals surface area contributed by atoms with Crippen molar-refractivity contribution in [2.75, 3.05) is 32.8 Å². The van der Waals surface area contributed by atoms with Gasteiger partial charge in [-0.1, -0.05) is 73.5 Å². The molecule has 2 unspecified atom stereocenters. The Hall–Kier alpha value is -3.14. The van der Waals surface area contributed by atoms with Gasteiger partial charge >= 0.3 is 0 Å². The Balaban J connectivity index is 1.49. The van der Waals surface area contributed by atoms with Gasteiger partial charge in [0.05, 0.1) is 24.7 Å². The van der Waals surface area contributed by atoms with Crippen molar-refractivity contribution in [1.82, 2.24) is 19.8 Å². The zero-order chi connectivity index (χ0) is 27.2. The van der Waals surface area contributed by atoms with E-state index in [1.807, 2.05) is 58.0 Å². The molecule has 0 bridgehead atoms. The van der Waals surface area contributed by atoms with Crippen LogP contribution in [0.1, 0.15) is 47.8 Å². The van der Waals surface area contributed by atoms with E-state index < -0.39 is 24.7 Å². The molecule has 1 aliphatic heterocycles. The van der Waals surface area contributed by atoms with E-state index in [1.165, 1.54) is 0 Å². The number of alkyl halides is 2. The number of imidazole rings is 1. The van der Waals surface area contributed by atoms with Crippen LogP contribution in [0.4, 0.5) is 8.78 Å². The SMILES string of the molecule is O=C(c1ncn(C2CCCCC2(O)COCC(F)F)c1-c1ccccc1)N1CCNC[C@H]1Cc1ccccc1. The van der Waals surface area contributed by atoms with Crippen molar-refractivity contribution in [1.29, 1.82) is 0 Å². The third-order valence-corrected chi connectivity index (χ3v) is 7.86. The van der Waals surface area contributed by atoms with Gasteiger partial charge < -0.3 is 24.6 Å². The fraction of sp³-hybridized carbons (Fsp3) is 0.467. The van der Waals surface area contributed by atoms with Crippen LogP contribution in [-0.2, 0) is 11.2 Å². The van der Waals surface area contributed by atoms with E-state index in [0.29, 0.717) is 43.9 Å². The summed E-state index contributed by atoms with van der Waals surface area (Å²) in [5.74, 6) is -0.150. The van der Waals surface area contributed by atoms with Crippen LogP contribution in [0, 0.1) is 0 Å². The van der Waals surface area contributed by atoms with E-state index in [9.17, 15) is 18.7 Å². The largest absolute Gasteiger partial charge is 0.385 e. The molecule has 208 valence electrons. The number of ether oxygens (including phenoxy) is 1. The molecule has 2 fully saturated rings. The highest BCUT2D eigenvalue weighted by Gasteiger charge is 2.42. The van der Waals surface area contributed by atoms with Gasteiger partial charge in [-0.25, -0.2) is 13.8 Å². The van der Waals surface area contributed by atoms with Crippen molar-refractivity contribution in [2.24, 2.45) is 0 Å². The lowest BCUT2D eigenvalue weighted by molar-refractivity contribution is -0.113. The monoisotopic (exact) mass is 538 g/mol. The van der Waals surface area contributed by atoms with Crippen LogP contribution in [0.5, 0.6) is 0 Å². The van der Waals surface area contributed by atoms with Gasteiger partial charge in [0.2, 0.25) is 0 Å². The standard InChI is InChI=1S/C30H36F2N4O3/c31-26(32)19-39-20-30(38)14-8-7-13-25(30)36-21-34-27(28(36)23-11-5-2-6-12-23)29(37)35-16-15-33-18-24(35)17-22-9-3-1-4-10-22/h1-6,9-12,21,24-26,33,38H,7-8,13-20H2/t24-,25?,30?/m1/s1. The molecule has 1 saturated carbocycles. The van der Waals surface area contributed by atoms with Gasteiger partial charge in [-0.3, -0.25) is 4.79 Å². The van der Waals surface area contributed by atoms with Gasteiger partial charge in [0.1, 0.15) is 12.2 Å². The van der Waals surface area contributed by atoms with Crippen LogP contribution in [0.2, 0.25) is 0 Å². The molecule has 2 aromatic carbocycles. The summed E-state index contributed by atoms with van der Waals surface area (Å²) in [5, 5.41) is 15.1. The molecule has 39 heavy (non-hydrogen) atoms. The van der Waals surface area contributed by atoms with Crippen molar-refractivity contribution >= 4 is 5.91 Å². The molecule has 0 radical (unpaired) electrons. The molecule has 2 heterocycles. The fourth-order valence-corrected chi connectivity index (χ4v) is 5.96. The molecule has 5 rings (SSSR count). The predicted molar refractivity (Wildman–Crippen MR) is 145 cm³/mol. The number of hydrogen-bond acceptors (Lipinski definition) is 5. The Kier molecular flexibility index (Phi) is 8.69. The number of hydrogen-bond donors (Lipinski definition) is 2. The molecule has 3 atom stereocenters. The molecule has 1 aromatic heterocycles. The third kappa shape index (κ3) is 6.21. The molecule has 1 amide bonds. The van der Waals surface area contributed by atoms with E-state index in [0.717, 1.165) is 30.4 Å². The first-order chi connectivity index (χ1) is 19.0. The Morgan fingerprint density at radius 1 is 1.13 bits per heavy atom. The first-order valence-electron chi connectivity index (χ1n) is 13.7. The topological polar surface area (TPSA) is 79.6 Å². The minimum atomic E-state index is -2.60. The van der Waals surface area contributed by atoms with Gasteiger partial charge in [-0.15, -0.1) is 0 Å². The minimum Gasteiger partial charge on any atom is -0.385 e. The lowest BCUT2D eigenvalue weighted by Gasteiger charge is -2.41. The van der Waals surface area contributed by atoms with E-state index >= 15 is 0 Å². The number of carbonyl (C=O) groups is 1. The van der Waals surface area contributed by atoms with Crippen molar-refractivity contribution in [3.63, 3.8) is 0 Å². The Labute approximate surface area is 227 Å². The number of piperazine rings is 1. The maximum Gasteiger partial charge on any atom is 0.275 e. The summed E-state index contributed by atoms with van der Waals surface area (Å²) in [6.45, 7) is 1.02. The van der Waals surface area contributed by atoms with E-state index in [2.05, 4.69) is 22.4 Å². The number of amides is 1. The Bertz CT molecular complexity index is 1220. The van der Waals surface area contributed by atoms with E-state index in [1.54, 1.807) is 6.33 Å². The van der Waals surface area contributed by atoms with Crippen molar-refractivity contribution in [3.05, 3.63) is 78.2 Å². The number of benzene rings is 2. The highest BCUT2D eigenvalue weighted by atomic mass is 19.3. The zero-order valence-electron chi connectivity index (χ0n) is 22.0. The summed E-state index contributed by atoms with van der Waals surface area (Å²) in [4.78, 5) is 20.7. The highest BCUT2D eigenvalue weighted by molar-refractivity contribution is 5.98. The molecule has 0 spiro atoms. The maximum atomic E-state index is 14.2. The summed E-state index contributed by atoms with van der Waals surface area (Å²) in [7, 11) is 0. The zero-order valence-corrected chi connectivity index (χ0v) is 22.0. The van der Waals surface area contributed by atoms with Gasteiger partial charge in [-0.05, 0) is 24.8 Å². The number of halogens is 2. The van der Waals surface area contributed by atoms with Crippen LogP contribution in [-0.4, -0.2) is 76.4 Å². The number of aromatic nitrogens is 2. The van der Waals surface area contributed by atoms with Gasteiger partial charge in [0.25, 0.3) is 12.3 Å². The molecular formula is C30H36F2N4O3. The number of rotatable bonds is 9. The fourth-order valence-electron chi connectivity index (χ4n) is 5.96. The molecular weight excluding hydrogens is 502 g/mol. The van der Waals surface area contributed by atoms with Crippen molar-refractivity contribution < 1.29 is 23.4 Å². The summed E-state index contributed by atoms with van der Waals surface area (Å²) in [5.41, 5.74) is 1.60. The minimum absolute atomic E-state index is 0.0308. The van der Waals surface area contributed by atoms with Crippen LogP contribution in [0.25, 0.3) is 11.3 Å². The highest BCUT2D eigenvalue weighted by Crippen LogP contribution is 2.41. The number of carbonyl (C=O) groups excluding carboxylic acids is 1. The molecule has 9 heteroatoms. The Morgan fingerprint density at radius 3 is 2.62 bits per heavy atom. The summed E-state index contributed by atoms with van der Waals surface area (Å²) >= 11 is 0. The second kappa shape index (κ2) is 12.4. The molecule has 7 nitrogen and oxygen atoms in total. The molecule has 2 aliphatic rings. The molecule has 3 aromatic rings. The molecule has 1 saturated heterocycles. The first-order valence-corrected chi connectivity index (χ1v) is 13.7. The number of nitrogens with zero attached hydrogens (tertiary/aromatic N) is 3. The van der Waals surface area contributed by atoms with Crippen LogP contribution < -0.4 is 5.32 Å². The second-order valence-corrected chi connectivity index (χ2v) is 10.5. The van der Waals surface area contributed by atoms with Gasteiger partial charge in [0, 0.05) is 31.2 Å². The van der Waals surface area contributed by atoms with E-state index in [4.69, 9.17) is 4.74 Å². The molecule has 1 aliphatic carbocycles. The summed E-state index contributed by atoms with van der Waals surface area (Å²) < 4.78 is 32.7. The molecule has 2 N–H and O–H groups in total. The Morgan fingerprint density at radius 2 is 1.87 bits per heavy atom. The normalized spacial score (nSPS) is 23.7. The number of aliphatic hydroxyl groups is 1. The van der Waals surface area contributed by atoms with Crippen LogP contribution >= 0.6 is 0 Å². The lowest BCUT2D eigenvalue weighted by atomic mass is 9.80. The van der Waals surface area contributed by atoms with Crippen molar-refractivity contribution in [2.45, 2.75) is 56.2 Å². The summed E-state index contributed by atoms with van der Waals surface area (Å²) in [6, 6.07) is 19.2. The van der Waals surface area contributed by atoms with Crippen LogP contribution in [0.3, 0.4) is 0 Å². The average Bonchev–Trinajstić information content (AvgIpc) is 3.39.